The molecule has 3 rings (SSSR count). The summed E-state index contributed by atoms with van der Waals surface area (Å²) in [6.07, 6.45) is 0. The maximum Gasteiger partial charge on any atom is 0.272 e. The molecule has 7 heteroatoms. The number of nitrogens with one attached hydrogen (secondary N) is 1. The smallest absolute Gasteiger partial charge is 0.272 e. The Morgan fingerprint density at radius 1 is 1.22 bits per heavy atom. The minimum Gasteiger partial charge on any atom is -0.474 e. The Morgan fingerprint density at radius 3 is 2.52 bits per heavy atom. The van der Waals surface area contributed by atoms with Gasteiger partial charge in [0.2, 0.25) is 5.91 Å². The third-order valence-corrected chi connectivity index (χ3v) is 4.40. The van der Waals surface area contributed by atoms with E-state index in [1.807, 2.05) is 24.3 Å². The molecular formula is C20H24N4O3. The average molecular weight is 368 g/mol. The van der Waals surface area contributed by atoms with Crippen molar-refractivity contribution >= 4 is 29.1 Å². The molecule has 0 saturated heterocycles. The summed E-state index contributed by atoms with van der Waals surface area (Å²) in [5, 5.41) is 2.82. The van der Waals surface area contributed by atoms with Crippen molar-refractivity contribution < 1.29 is 14.3 Å². The van der Waals surface area contributed by atoms with Gasteiger partial charge >= 0.3 is 0 Å². The second-order valence-corrected chi connectivity index (χ2v) is 7.39. The van der Waals surface area contributed by atoms with Gasteiger partial charge < -0.3 is 15.8 Å². The number of carbonyl (C=O) groups is 2. The van der Waals surface area contributed by atoms with Gasteiger partial charge in [0.25, 0.3) is 5.91 Å². The highest BCUT2D eigenvalue weighted by Gasteiger charge is 2.42. The highest BCUT2D eigenvalue weighted by atomic mass is 16.5. The molecule has 0 saturated carbocycles. The molecule has 3 N–H and O–H groups in total. The molecule has 0 fully saturated rings. The topological polar surface area (TPSA) is 97.5 Å². The lowest BCUT2D eigenvalue weighted by Gasteiger charge is -2.37. The second-order valence-electron chi connectivity index (χ2n) is 7.39. The molecule has 0 unspecified atom stereocenters. The van der Waals surface area contributed by atoms with Gasteiger partial charge in [-0.2, -0.15) is 0 Å². The summed E-state index contributed by atoms with van der Waals surface area (Å²) in [7, 11) is 0. The summed E-state index contributed by atoms with van der Waals surface area (Å²) in [6, 6.07) is 10.9. The first-order valence-electron chi connectivity index (χ1n) is 8.84. The van der Waals surface area contributed by atoms with Crippen LogP contribution in [0.5, 0.6) is 5.75 Å². The number of ether oxygens (including phenoxy) is 1. The highest BCUT2D eigenvalue weighted by molar-refractivity contribution is 6.07. The van der Waals surface area contributed by atoms with Gasteiger partial charge in [0.15, 0.2) is 17.2 Å². The normalized spacial score (nSPS) is 15.3. The highest BCUT2D eigenvalue weighted by Crippen LogP contribution is 2.36. The van der Waals surface area contributed by atoms with E-state index in [2.05, 4.69) is 24.1 Å². The van der Waals surface area contributed by atoms with E-state index < -0.39 is 5.60 Å². The van der Waals surface area contributed by atoms with Gasteiger partial charge in [-0.25, -0.2) is 4.98 Å². The number of hydrogen-bond donors (Lipinski definition) is 2. The maximum atomic E-state index is 12.8. The van der Waals surface area contributed by atoms with Crippen LogP contribution in [0.15, 0.2) is 36.4 Å². The lowest BCUT2D eigenvalue weighted by molar-refractivity contribution is -0.133. The molecule has 1 aliphatic rings. The van der Waals surface area contributed by atoms with Crippen molar-refractivity contribution in [1.82, 2.24) is 4.98 Å². The van der Waals surface area contributed by atoms with Crippen LogP contribution in [0.3, 0.4) is 0 Å². The molecule has 27 heavy (non-hydrogen) atoms. The fraction of sp³-hybridized carbons (Fsp3) is 0.350. The van der Waals surface area contributed by atoms with E-state index in [0.717, 1.165) is 0 Å². The SMILES string of the molecule is CC(C)c1ccc(NC(=O)CN2C(=O)C(C)(C)Oc3ccc(N)nc32)cc1. The molecule has 0 aliphatic carbocycles. The third-order valence-electron chi connectivity index (χ3n) is 4.40. The summed E-state index contributed by atoms with van der Waals surface area (Å²) >= 11 is 0. The Hall–Kier alpha value is -3.09. The maximum absolute atomic E-state index is 12.8. The summed E-state index contributed by atoms with van der Waals surface area (Å²) in [5.41, 5.74) is 6.51. The van der Waals surface area contributed by atoms with Crippen molar-refractivity contribution in [3.63, 3.8) is 0 Å². The van der Waals surface area contributed by atoms with Crippen LogP contribution >= 0.6 is 0 Å². The number of rotatable bonds is 4. The van der Waals surface area contributed by atoms with Gasteiger partial charge in [0.05, 0.1) is 0 Å². The van der Waals surface area contributed by atoms with Crippen LogP contribution in [0.1, 0.15) is 39.2 Å². The zero-order chi connectivity index (χ0) is 19.8. The number of nitrogens with two attached hydrogens (primary N) is 1. The molecule has 2 aromatic rings. The van der Waals surface area contributed by atoms with Crippen LogP contribution in [0.25, 0.3) is 0 Å². The standard InChI is InChI=1S/C20H24N4O3/c1-12(2)13-5-7-14(8-6-13)22-17(25)11-24-18-15(9-10-16(21)23-18)27-20(3,4)19(24)26/h5-10,12H,11H2,1-4H3,(H2,21,23)(H,22,25). The zero-order valence-electron chi connectivity index (χ0n) is 15.9. The first kappa shape index (κ1) is 18.7. The van der Waals surface area contributed by atoms with Crippen LogP contribution in [0.4, 0.5) is 17.3 Å². The minimum atomic E-state index is -1.09. The summed E-state index contributed by atoms with van der Waals surface area (Å²) in [5.74, 6) is 0.662. The quantitative estimate of drug-likeness (QED) is 0.865. The van der Waals surface area contributed by atoms with Crippen LogP contribution in [0, 0.1) is 0 Å². The number of anilines is 3. The Morgan fingerprint density at radius 2 is 1.89 bits per heavy atom. The molecule has 0 radical (unpaired) electrons. The lowest BCUT2D eigenvalue weighted by atomic mass is 10.0. The van der Waals surface area contributed by atoms with Gasteiger partial charge in [-0.3, -0.25) is 14.5 Å². The molecular weight excluding hydrogens is 344 g/mol. The fourth-order valence-electron chi connectivity index (χ4n) is 2.91. The number of pyridine rings is 1. The Balaban J connectivity index is 1.80. The van der Waals surface area contributed by atoms with E-state index in [4.69, 9.17) is 10.5 Å². The van der Waals surface area contributed by atoms with E-state index in [-0.39, 0.29) is 30.0 Å². The number of nitrogen functional groups attached to an aromatic ring is 1. The number of fused-ring (bicyclic) bond motifs is 1. The van der Waals surface area contributed by atoms with Gasteiger partial charge in [-0.1, -0.05) is 26.0 Å². The number of hydrogen-bond acceptors (Lipinski definition) is 5. The molecule has 7 nitrogen and oxygen atoms in total. The van der Waals surface area contributed by atoms with Gasteiger partial charge in [-0.15, -0.1) is 0 Å². The second kappa shape index (κ2) is 6.90. The third kappa shape index (κ3) is 3.86. The molecule has 0 spiro atoms. The summed E-state index contributed by atoms with van der Waals surface area (Å²) < 4.78 is 5.71. The Labute approximate surface area is 158 Å². The van der Waals surface area contributed by atoms with E-state index in [0.29, 0.717) is 17.4 Å². The largest absolute Gasteiger partial charge is 0.474 e. The van der Waals surface area contributed by atoms with Crippen molar-refractivity contribution in [2.75, 3.05) is 22.5 Å². The fourth-order valence-corrected chi connectivity index (χ4v) is 2.91. The van der Waals surface area contributed by atoms with Gasteiger partial charge in [-0.05, 0) is 49.6 Å². The predicted molar refractivity (Wildman–Crippen MR) is 105 cm³/mol. The first-order valence-corrected chi connectivity index (χ1v) is 8.84. The summed E-state index contributed by atoms with van der Waals surface area (Å²) in [4.78, 5) is 30.8. The van der Waals surface area contributed by atoms with Crippen molar-refractivity contribution in [2.45, 2.75) is 39.2 Å². The van der Waals surface area contributed by atoms with Crippen LogP contribution in [-0.4, -0.2) is 28.9 Å². The molecule has 2 amide bonds. The Kier molecular flexibility index (Phi) is 4.78. The van der Waals surface area contributed by atoms with E-state index in [1.165, 1.54) is 10.5 Å². The zero-order valence-corrected chi connectivity index (χ0v) is 15.9. The van der Waals surface area contributed by atoms with Crippen LogP contribution < -0.4 is 20.7 Å². The Bertz CT molecular complexity index is 875. The average Bonchev–Trinajstić information content (AvgIpc) is 2.60. The molecule has 1 aromatic carbocycles. The molecule has 2 heterocycles. The molecule has 0 atom stereocenters. The van der Waals surface area contributed by atoms with Crippen LogP contribution in [0.2, 0.25) is 0 Å². The van der Waals surface area contributed by atoms with E-state index >= 15 is 0 Å². The number of aromatic nitrogens is 1. The molecule has 1 aliphatic heterocycles. The number of nitrogens with zero attached hydrogens (tertiary/aromatic N) is 2. The van der Waals surface area contributed by atoms with Crippen molar-refractivity contribution in [3.05, 3.63) is 42.0 Å². The van der Waals surface area contributed by atoms with Gasteiger partial charge in [0.1, 0.15) is 12.4 Å². The molecule has 1 aromatic heterocycles. The van der Waals surface area contributed by atoms with Crippen molar-refractivity contribution in [3.8, 4) is 5.75 Å². The number of benzene rings is 1. The predicted octanol–water partition coefficient (Wildman–Crippen LogP) is 2.93. The van der Waals surface area contributed by atoms with E-state index in [9.17, 15) is 9.59 Å². The van der Waals surface area contributed by atoms with Crippen molar-refractivity contribution in [2.24, 2.45) is 0 Å². The lowest BCUT2D eigenvalue weighted by Crippen LogP contribution is -2.54. The number of amides is 2. The van der Waals surface area contributed by atoms with E-state index in [1.54, 1.807) is 26.0 Å². The summed E-state index contributed by atoms with van der Waals surface area (Å²) in [6.45, 7) is 7.35. The first-order chi connectivity index (χ1) is 12.7. The monoisotopic (exact) mass is 368 g/mol. The van der Waals surface area contributed by atoms with Crippen molar-refractivity contribution in [1.29, 1.82) is 0 Å². The van der Waals surface area contributed by atoms with Crippen LogP contribution in [-0.2, 0) is 9.59 Å². The number of carbonyl (C=O) groups excluding carboxylic acids is 2. The van der Waals surface area contributed by atoms with Gasteiger partial charge in [0, 0.05) is 5.69 Å². The molecule has 142 valence electrons. The minimum absolute atomic E-state index is 0.180. The molecule has 0 bridgehead atoms.